The van der Waals surface area contributed by atoms with E-state index in [1.165, 1.54) is 0 Å². The van der Waals surface area contributed by atoms with Crippen molar-refractivity contribution in [2.75, 3.05) is 19.0 Å². The second-order valence-corrected chi connectivity index (χ2v) is 5.23. The lowest BCUT2D eigenvalue weighted by atomic mass is 9.97. The standard InChI is InChI=1S/C16H26N2O3/c1-5-7-10-16(3,20-4)15(19)18-13-8-9-14(17-12-13)21-11-6-2/h8-9,12H,5-7,10-11H2,1-4H3,(H,18,19)/t16-/m1/s1. The van der Waals surface area contributed by atoms with Crippen LogP contribution in [0.4, 0.5) is 5.69 Å². The van der Waals surface area contributed by atoms with Gasteiger partial charge in [-0.05, 0) is 25.8 Å². The first-order valence-corrected chi connectivity index (χ1v) is 7.51. The van der Waals surface area contributed by atoms with E-state index in [4.69, 9.17) is 9.47 Å². The van der Waals surface area contributed by atoms with E-state index in [2.05, 4.69) is 17.2 Å². The molecule has 1 rings (SSSR count). The lowest BCUT2D eigenvalue weighted by molar-refractivity contribution is -0.136. The molecule has 0 saturated heterocycles. The van der Waals surface area contributed by atoms with Crippen molar-refractivity contribution in [3.05, 3.63) is 18.3 Å². The molecule has 1 heterocycles. The highest BCUT2D eigenvalue weighted by Gasteiger charge is 2.32. The van der Waals surface area contributed by atoms with Crippen LogP contribution < -0.4 is 10.1 Å². The van der Waals surface area contributed by atoms with Gasteiger partial charge in [0.1, 0.15) is 5.60 Å². The third-order valence-electron chi connectivity index (χ3n) is 3.39. The number of carbonyl (C=O) groups is 1. The van der Waals surface area contributed by atoms with Crippen LogP contribution in [0.15, 0.2) is 18.3 Å². The third kappa shape index (κ3) is 5.34. The van der Waals surface area contributed by atoms with Crippen molar-refractivity contribution in [2.24, 2.45) is 0 Å². The summed E-state index contributed by atoms with van der Waals surface area (Å²) in [4.78, 5) is 16.5. The molecule has 0 saturated carbocycles. The van der Waals surface area contributed by atoms with Crippen molar-refractivity contribution in [1.29, 1.82) is 0 Å². The summed E-state index contributed by atoms with van der Waals surface area (Å²) in [5.74, 6) is 0.415. The monoisotopic (exact) mass is 294 g/mol. The van der Waals surface area contributed by atoms with Crippen LogP contribution in [0.2, 0.25) is 0 Å². The van der Waals surface area contributed by atoms with Crippen molar-refractivity contribution in [2.45, 2.75) is 52.1 Å². The Morgan fingerprint density at radius 1 is 1.33 bits per heavy atom. The Bertz CT molecular complexity index is 434. The fourth-order valence-corrected chi connectivity index (χ4v) is 1.83. The SMILES string of the molecule is CCCC[C@@](C)(OC)C(=O)Nc1ccc(OCCC)nc1. The molecule has 0 bridgehead atoms. The number of nitrogens with zero attached hydrogens (tertiary/aromatic N) is 1. The van der Waals surface area contributed by atoms with Crippen LogP contribution in [0.25, 0.3) is 0 Å². The molecule has 0 aliphatic carbocycles. The maximum atomic E-state index is 12.3. The van der Waals surface area contributed by atoms with E-state index in [0.29, 0.717) is 24.6 Å². The highest BCUT2D eigenvalue weighted by Crippen LogP contribution is 2.21. The molecule has 0 spiro atoms. The number of ether oxygens (including phenoxy) is 2. The Labute approximate surface area is 127 Å². The quantitative estimate of drug-likeness (QED) is 0.758. The minimum atomic E-state index is -0.812. The normalized spacial score (nSPS) is 13.5. The molecule has 0 aliphatic heterocycles. The predicted molar refractivity (Wildman–Crippen MR) is 83.6 cm³/mol. The van der Waals surface area contributed by atoms with Gasteiger partial charge < -0.3 is 14.8 Å². The number of anilines is 1. The Morgan fingerprint density at radius 2 is 2.10 bits per heavy atom. The van der Waals surface area contributed by atoms with Gasteiger partial charge in [0, 0.05) is 13.2 Å². The number of rotatable bonds is 9. The molecular formula is C16H26N2O3. The zero-order valence-electron chi connectivity index (χ0n) is 13.4. The van der Waals surface area contributed by atoms with E-state index in [9.17, 15) is 4.79 Å². The fourth-order valence-electron chi connectivity index (χ4n) is 1.83. The first-order chi connectivity index (χ1) is 10.1. The lowest BCUT2D eigenvalue weighted by Crippen LogP contribution is -2.41. The van der Waals surface area contributed by atoms with Crippen LogP contribution in [0.3, 0.4) is 0 Å². The lowest BCUT2D eigenvalue weighted by Gasteiger charge is -2.26. The number of hydrogen-bond acceptors (Lipinski definition) is 4. The highest BCUT2D eigenvalue weighted by atomic mass is 16.5. The summed E-state index contributed by atoms with van der Waals surface area (Å²) < 4.78 is 10.8. The van der Waals surface area contributed by atoms with Gasteiger partial charge in [-0.3, -0.25) is 4.79 Å². The Kier molecular flexibility index (Phi) is 7.15. The second kappa shape index (κ2) is 8.62. The number of methoxy groups -OCH3 is 1. The predicted octanol–water partition coefficient (Wildman–Crippen LogP) is 3.40. The van der Waals surface area contributed by atoms with E-state index in [0.717, 1.165) is 19.3 Å². The minimum Gasteiger partial charge on any atom is -0.478 e. The smallest absolute Gasteiger partial charge is 0.256 e. The summed E-state index contributed by atoms with van der Waals surface area (Å²) in [6.45, 7) is 6.57. The van der Waals surface area contributed by atoms with Crippen molar-refractivity contribution in [1.82, 2.24) is 4.98 Å². The largest absolute Gasteiger partial charge is 0.478 e. The van der Waals surface area contributed by atoms with Crippen LogP contribution in [-0.2, 0) is 9.53 Å². The van der Waals surface area contributed by atoms with Gasteiger partial charge >= 0.3 is 0 Å². The molecule has 0 aliphatic rings. The van der Waals surface area contributed by atoms with Crippen LogP contribution >= 0.6 is 0 Å². The van der Waals surface area contributed by atoms with E-state index >= 15 is 0 Å². The van der Waals surface area contributed by atoms with E-state index in [1.807, 2.05) is 13.8 Å². The molecular weight excluding hydrogens is 268 g/mol. The number of aromatic nitrogens is 1. The molecule has 0 radical (unpaired) electrons. The number of unbranched alkanes of at least 4 members (excludes halogenated alkanes) is 1. The summed E-state index contributed by atoms with van der Waals surface area (Å²) >= 11 is 0. The van der Waals surface area contributed by atoms with Crippen LogP contribution in [0.1, 0.15) is 46.5 Å². The number of pyridine rings is 1. The number of hydrogen-bond donors (Lipinski definition) is 1. The van der Waals surface area contributed by atoms with Gasteiger partial charge in [0.2, 0.25) is 5.88 Å². The first kappa shape index (κ1) is 17.4. The zero-order chi connectivity index (χ0) is 15.7. The Hall–Kier alpha value is -1.62. The van der Waals surface area contributed by atoms with Crippen molar-refractivity contribution in [3.8, 4) is 5.88 Å². The molecule has 21 heavy (non-hydrogen) atoms. The molecule has 1 atom stereocenters. The van der Waals surface area contributed by atoms with E-state index < -0.39 is 5.60 Å². The fraction of sp³-hybridized carbons (Fsp3) is 0.625. The molecule has 0 unspecified atom stereocenters. The van der Waals surface area contributed by atoms with Gasteiger partial charge in [-0.15, -0.1) is 0 Å². The van der Waals surface area contributed by atoms with Gasteiger partial charge in [0.05, 0.1) is 18.5 Å². The molecule has 0 aromatic carbocycles. The minimum absolute atomic E-state index is 0.150. The molecule has 1 aromatic heterocycles. The van der Waals surface area contributed by atoms with Crippen LogP contribution in [-0.4, -0.2) is 30.2 Å². The zero-order valence-corrected chi connectivity index (χ0v) is 13.4. The third-order valence-corrected chi connectivity index (χ3v) is 3.39. The van der Waals surface area contributed by atoms with Crippen molar-refractivity contribution >= 4 is 11.6 Å². The highest BCUT2D eigenvalue weighted by molar-refractivity contribution is 5.96. The van der Waals surface area contributed by atoms with Gasteiger partial charge in [0.15, 0.2) is 0 Å². The molecule has 118 valence electrons. The first-order valence-electron chi connectivity index (χ1n) is 7.51. The van der Waals surface area contributed by atoms with Crippen molar-refractivity contribution in [3.63, 3.8) is 0 Å². The van der Waals surface area contributed by atoms with Gasteiger partial charge in [-0.1, -0.05) is 26.7 Å². The van der Waals surface area contributed by atoms with Crippen LogP contribution in [0, 0.1) is 0 Å². The van der Waals surface area contributed by atoms with E-state index in [1.54, 1.807) is 25.4 Å². The number of carbonyl (C=O) groups excluding carboxylic acids is 1. The molecule has 1 N–H and O–H groups in total. The molecule has 5 heteroatoms. The second-order valence-electron chi connectivity index (χ2n) is 5.23. The Balaban J connectivity index is 2.64. The molecule has 5 nitrogen and oxygen atoms in total. The topological polar surface area (TPSA) is 60.5 Å². The number of nitrogens with one attached hydrogen (secondary N) is 1. The summed E-state index contributed by atoms with van der Waals surface area (Å²) in [5, 5.41) is 2.84. The van der Waals surface area contributed by atoms with Gasteiger partial charge in [0.25, 0.3) is 5.91 Å². The van der Waals surface area contributed by atoms with Crippen molar-refractivity contribution < 1.29 is 14.3 Å². The van der Waals surface area contributed by atoms with Gasteiger partial charge in [-0.2, -0.15) is 0 Å². The molecule has 1 aromatic rings. The van der Waals surface area contributed by atoms with Gasteiger partial charge in [-0.25, -0.2) is 4.98 Å². The average Bonchev–Trinajstić information content (AvgIpc) is 2.51. The summed E-state index contributed by atoms with van der Waals surface area (Å²) in [6.07, 6.45) is 5.19. The van der Waals surface area contributed by atoms with E-state index in [-0.39, 0.29) is 5.91 Å². The summed E-state index contributed by atoms with van der Waals surface area (Å²) in [7, 11) is 1.56. The maximum Gasteiger partial charge on any atom is 0.256 e. The summed E-state index contributed by atoms with van der Waals surface area (Å²) in [5.41, 5.74) is -0.170. The Morgan fingerprint density at radius 3 is 2.62 bits per heavy atom. The maximum absolute atomic E-state index is 12.3. The molecule has 1 amide bonds. The summed E-state index contributed by atoms with van der Waals surface area (Å²) in [6, 6.07) is 3.53. The van der Waals surface area contributed by atoms with Crippen LogP contribution in [0.5, 0.6) is 5.88 Å². The average molecular weight is 294 g/mol. The molecule has 0 fully saturated rings. The number of amides is 1.